The minimum atomic E-state index is 0.746. The number of nitrogens with two attached hydrogens (primary N) is 1. The smallest absolute Gasteiger partial charge is 0.0445 e. The van der Waals surface area contributed by atoms with Crippen LogP contribution in [0.1, 0.15) is 23.7 Å². The molecule has 0 bridgehead atoms. The van der Waals surface area contributed by atoms with E-state index in [1.54, 1.807) is 12.3 Å². The first-order valence-corrected chi connectivity index (χ1v) is 4.20. The van der Waals surface area contributed by atoms with Crippen LogP contribution in [0.3, 0.4) is 0 Å². The zero-order chi connectivity index (χ0) is 9.84. The summed E-state index contributed by atoms with van der Waals surface area (Å²) in [5.74, 6) is 0. The molecule has 13 heavy (non-hydrogen) atoms. The molecule has 0 saturated carbocycles. The molecule has 2 N–H and O–H groups in total. The predicted octanol–water partition coefficient (Wildman–Crippen LogP) is 2.35. The van der Waals surface area contributed by atoms with Gasteiger partial charge in [-0.25, -0.2) is 0 Å². The minimum Gasteiger partial charge on any atom is -0.398 e. The van der Waals surface area contributed by atoms with Gasteiger partial charge in [-0.3, -0.25) is 4.98 Å². The highest BCUT2D eigenvalue weighted by atomic mass is 14.7. The van der Waals surface area contributed by atoms with Gasteiger partial charge < -0.3 is 5.73 Å². The number of hydrogen-bond acceptors (Lipinski definition) is 2. The number of aryl methyl sites for hydroxylation is 1. The molecule has 0 aromatic carbocycles. The van der Waals surface area contributed by atoms with Gasteiger partial charge in [0.05, 0.1) is 0 Å². The maximum Gasteiger partial charge on any atom is 0.0445 e. The largest absolute Gasteiger partial charge is 0.398 e. The van der Waals surface area contributed by atoms with E-state index in [4.69, 9.17) is 5.73 Å². The van der Waals surface area contributed by atoms with E-state index >= 15 is 0 Å². The van der Waals surface area contributed by atoms with Crippen molar-refractivity contribution in [2.45, 2.75) is 13.8 Å². The second kappa shape index (κ2) is 3.90. The lowest BCUT2D eigenvalue weighted by molar-refractivity contribution is 1.17. The van der Waals surface area contributed by atoms with Crippen LogP contribution in [0.5, 0.6) is 0 Å². The Morgan fingerprint density at radius 1 is 1.62 bits per heavy atom. The van der Waals surface area contributed by atoms with Gasteiger partial charge in [-0.05, 0) is 25.5 Å². The Labute approximate surface area is 78.8 Å². The number of pyridine rings is 1. The molecule has 2 heteroatoms. The summed E-state index contributed by atoms with van der Waals surface area (Å²) in [6.07, 6.45) is 5.42. The van der Waals surface area contributed by atoms with Crippen LogP contribution in [0.15, 0.2) is 24.9 Å². The third-order valence-corrected chi connectivity index (χ3v) is 1.99. The number of aromatic nitrogens is 1. The van der Waals surface area contributed by atoms with Crippen molar-refractivity contribution in [2.75, 3.05) is 0 Å². The molecular weight excluding hydrogens is 160 g/mol. The van der Waals surface area contributed by atoms with E-state index in [2.05, 4.69) is 11.6 Å². The Morgan fingerprint density at radius 2 is 2.31 bits per heavy atom. The Bertz CT molecular complexity index is 351. The van der Waals surface area contributed by atoms with Crippen molar-refractivity contribution in [3.63, 3.8) is 0 Å². The lowest BCUT2D eigenvalue weighted by Crippen LogP contribution is -1.98. The number of hydrogen-bond donors (Lipinski definition) is 1. The van der Waals surface area contributed by atoms with Crippen molar-refractivity contribution in [2.24, 2.45) is 5.73 Å². The van der Waals surface area contributed by atoms with Crippen LogP contribution < -0.4 is 5.73 Å². The molecule has 0 radical (unpaired) electrons. The third-order valence-electron chi connectivity index (χ3n) is 1.99. The van der Waals surface area contributed by atoms with Crippen LogP contribution in [0, 0.1) is 6.92 Å². The van der Waals surface area contributed by atoms with Gasteiger partial charge in [0.1, 0.15) is 0 Å². The van der Waals surface area contributed by atoms with Crippen LogP contribution in [-0.4, -0.2) is 4.98 Å². The van der Waals surface area contributed by atoms with Crippen LogP contribution >= 0.6 is 0 Å². The SMILES string of the molecule is C=Cc1cc(/C(N)=C/C)cnc1C. The Kier molecular flexibility index (Phi) is 2.85. The summed E-state index contributed by atoms with van der Waals surface area (Å²) in [6.45, 7) is 7.57. The standard InChI is InChI=1S/C11H14N2/c1-4-9-6-10(11(12)5-2)7-13-8(9)3/h4-7H,1,12H2,2-3H3/b11-5-. The highest BCUT2D eigenvalue weighted by Gasteiger charge is 1.99. The van der Waals surface area contributed by atoms with Crippen molar-refractivity contribution < 1.29 is 0 Å². The molecule has 0 aliphatic rings. The predicted molar refractivity (Wildman–Crippen MR) is 56.9 cm³/mol. The highest BCUT2D eigenvalue weighted by Crippen LogP contribution is 2.13. The van der Waals surface area contributed by atoms with Gasteiger partial charge in [-0.1, -0.05) is 18.7 Å². The molecule has 2 nitrogen and oxygen atoms in total. The first kappa shape index (κ1) is 9.52. The maximum atomic E-state index is 5.75. The summed E-state index contributed by atoms with van der Waals surface area (Å²) in [5.41, 5.74) is 9.45. The van der Waals surface area contributed by atoms with Gasteiger partial charge in [-0.2, -0.15) is 0 Å². The summed E-state index contributed by atoms with van der Waals surface area (Å²) in [4.78, 5) is 4.23. The van der Waals surface area contributed by atoms with Crippen LogP contribution in [-0.2, 0) is 0 Å². The molecule has 0 aliphatic carbocycles. The lowest BCUT2D eigenvalue weighted by atomic mass is 10.1. The Balaban J connectivity index is 3.21. The van der Waals surface area contributed by atoms with E-state index in [9.17, 15) is 0 Å². The number of allylic oxidation sites excluding steroid dienone is 1. The fourth-order valence-electron chi connectivity index (χ4n) is 1.08. The van der Waals surface area contributed by atoms with Gasteiger partial charge >= 0.3 is 0 Å². The third kappa shape index (κ3) is 1.96. The first-order valence-electron chi connectivity index (χ1n) is 4.20. The molecule has 0 fully saturated rings. The van der Waals surface area contributed by atoms with Crippen LogP contribution in [0.25, 0.3) is 11.8 Å². The highest BCUT2D eigenvalue weighted by molar-refractivity contribution is 5.65. The Hall–Kier alpha value is -1.57. The van der Waals surface area contributed by atoms with Crippen molar-refractivity contribution in [1.29, 1.82) is 0 Å². The summed E-state index contributed by atoms with van der Waals surface area (Å²) in [5, 5.41) is 0. The molecule has 0 aliphatic heterocycles. The quantitative estimate of drug-likeness (QED) is 0.747. The van der Waals surface area contributed by atoms with E-state index in [1.807, 2.05) is 26.0 Å². The second-order valence-corrected chi connectivity index (χ2v) is 2.85. The summed E-state index contributed by atoms with van der Waals surface area (Å²) in [6, 6.07) is 1.99. The molecule has 0 amide bonds. The van der Waals surface area contributed by atoms with Crippen LogP contribution in [0.4, 0.5) is 0 Å². The van der Waals surface area contributed by atoms with E-state index < -0.39 is 0 Å². The topological polar surface area (TPSA) is 38.9 Å². The lowest BCUT2D eigenvalue weighted by Gasteiger charge is -2.04. The fourth-order valence-corrected chi connectivity index (χ4v) is 1.08. The van der Waals surface area contributed by atoms with E-state index in [0.717, 1.165) is 22.5 Å². The molecule has 1 aromatic rings. The van der Waals surface area contributed by atoms with E-state index in [-0.39, 0.29) is 0 Å². The molecule has 0 spiro atoms. The van der Waals surface area contributed by atoms with E-state index in [1.165, 1.54) is 0 Å². The number of nitrogens with zero attached hydrogens (tertiary/aromatic N) is 1. The summed E-state index contributed by atoms with van der Waals surface area (Å²) >= 11 is 0. The molecule has 0 saturated heterocycles. The average Bonchev–Trinajstić information content (AvgIpc) is 2.17. The van der Waals surface area contributed by atoms with Gasteiger partial charge in [0.25, 0.3) is 0 Å². The van der Waals surface area contributed by atoms with Crippen molar-refractivity contribution in [3.8, 4) is 0 Å². The van der Waals surface area contributed by atoms with Crippen LogP contribution in [0.2, 0.25) is 0 Å². The van der Waals surface area contributed by atoms with Crippen molar-refractivity contribution >= 4 is 11.8 Å². The molecular formula is C11H14N2. The minimum absolute atomic E-state index is 0.746. The first-order chi connectivity index (χ1) is 6.19. The van der Waals surface area contributed by atoms with E-state index in [0.29, 0.717) is 0 Å². The van der Waals surface area contributed by atoms with Gasteiger partial charge in [0.15, 0.2) is 0 Å². The second-order valence-electron chi connectivity index (χ2n) is 2.85. The zero-order valence-corrected chi connectivity index (χ0v) is 8.04. The van der Waals surface area contributed by atoms with Gasteiger partial charge in [0.2, 0.25) is 0 Å². The average molecular weight is 174 g/mol. The summed E-state index contributed by atoms with van der Waals surface area (Å²) in [7, 11) is 0. The molecule has 1 heterocycles. The van der Waals surface area contributed by atoms with Crippen molar-refractivity contribution in [1.82, 2.24) is 4.98 Å². The monoisotopic (exact) mass is 174 g/mol. The molecule has 68 valence electrons. The molecule has 0 unspecified atom stereocenters. The molecule has 1 aromatic heterocycles. The van der Waals surface area contributed by atoms with Gasteiger partial charge in [0, 0.05) is 23.2 Å². The number of rotatable bonds is 2. The maximum absolute atomic E-state index is 5.75. The molecule has 0 atom stereocenters. The van der Waals surface area contributed by atoms with Gasteiger partial charge in [-0.15, -0.1) is 0 Å². The Morgan fingerprint density at radius 3 is 2.85 bits per heavy atom. The summed E-state index contributed by atoms with van der Waals surface area (Å²) < 4.78 is 0. The normalized spacial score (nSPS) is 11.4. The fraction of sp³-hybridized carbons (Fsp3) is 0.182. The molecule has 1 rings (SSSR count). The zero-order valence-electron chi connectivity index (χ0n) is 8.04. The van der Waals surface area contributed by atoms with Crippen molar-refractivity contribution in [3.05, 3.63) is 41.7 Å².